The molecule has 2 heterocycles. The van der Waals surface area contributed by atoms with Crippen molar-refractivity contribution in [3.8, 4) is 0 Å². The lowest BCUT2D eigenvalue weighted by Crippen LogP contribution is -2.68. The van der Waals surface area contributed by atoms with Crippen molar-refractivity contribution in [2.24, 2.45) is 50.2 Å². The molecule has 9 N–H and O–H groups in total. The summed E-state index contributed by atoms with van der Waals surface area (Å²) in [5.41, 5.74) is -0.402. The molecule has 0 aromatic carbocycles. The molecule has 0 aromatic heterocycles. The molecule has 0 aromatic rings. The minimum Gasteiger partial charge on any atom is -0.396 e. The van der Waals surface area contributed by atoms with E-state index in [-0.39, 0.29) is 41.3 Å². The van der Waals surface area contributed by atoms with E-state index >= 15 is 0 Å². The van der Waals surface area contributed by atoms with E-state index in [1.807, 2.05) is 0 Å². The Kier molecular flexibility index (Phi) is 10.7. The Bertz CT molecular complexity index is 1420. The molecular weight excluding hydrogens is 700 g/mol. The summed E-state index contributed by atoms with van der Waals surface area (Å²) in [7, 11) is 0. The van der Waals surface area contributed by atoms with Crippen LogP contribution < -0.4 is 0 Å². The Morgan fingerprint density at radius 2 is 1.44 bits per heavy atom. The standard InChI is InChI=1S/C41H68O13/c1-36(2)16-21-20-8-9-25-38(4)12-11-26(45)39(5,19-43)24(38)10-13-41(25,7)40(20,6)15-14-37(21,3)33(32(36)50)54-34-30(49)31(22(44)18-51-34)53-35-29(48)28(47)27(46)23(17-42)52-35/h8,21-35,42-50H,9-19H2,1-7H3. The van der Waals surface area contributed by atoms with Crippen LogP contribution in [0.1, 0.15) is 99.8 Å². The van der Waals surface area contributed by atoms with Gasteiger partial charge in [0.15, 0.2) is 12.6 Å². The van der Waals surface area contributed by atoms with E-state index in [1.54, 1.807) is 0 Å². The smallest absolute Gasteiger partial charge is 0.187 e. The molecule has 310 valence electrons. The van der Waals surface area contributed by atoms with Gasteiger partial charge >= 0.3 is 0 Å². The van der Waals surface area contributed by atoms with E-state index in [1.165, 1.54) is 5.57 Å². The van der Waals surface area contributed by atoms with Crippen LogP contribution in [0.5, 0.6) is 0 Å². The van der Waals surface area contributed by atoms with Crippen LogP contribution in [0.4, 0.5) is 0 Å². The maximum Gasteiger partial charge on any atom is 0.187 e. The van der Waals surface area contributed by atoms with Crippen LogP contribution in [0.3, 0.4) is 0 Å². The molecule has 2 saturated heterocycles. The molecule has 7 rings (SSSR count). The van der Waals surface area contributed by atoms with Crippen LogP contribution in [0.2, 0.25) is 0 Å². The zero-order valence-electron chi connectivity index (χ0n) is 33.2. The number of rotatable bonds is 6. The van der Waals surface area contributed by atoms with Crippen molar-refractivity contribution in [3.63, 3.8) is 0 Å². The van der Waals surface area contributed by atoms with Crippen molar-refractivity contribution < 1.29 is 64.9 Å². The number of aliphatic hydroxyl groups excluding tert-OH is 9. The van der Waals surface area contributed by atoms with Gasteiger partial charge in [-0.15, -0.1) is 0 Å². The molecule has 20 atom stereocenters. The Hall–Kier alpha value is -0.780. The number of hydrogen-bond donors (Lipinski definition) is 9. The summed E-state index contributed by atoms with van der Waals surface area (Å²) in [5, 5.41) is 97.1. The monoisotopic (exact) mass is 768 g/mol. The van der Waals surface area contributed by atoms with Crippen LogP contribution in [0.25, 0.3) is 0 Å². The third-order valence-corrected chi connectivity index (χ3v) is 17.3. The summed E-state index contributed by atoms with van der Waals surface area (Å²) in [6.45, 7) is 14.7. The molecule has 54 heavy (non-hydrogen) atoms. The quantitative estimate of drug-likeness (QED) is 0.175. The maximum absolute atomic E-state index is 12.1. The van der Waals surface area contributed by atoms with Crippen LogP contribution in [-0.2, 0) is 18.9 Å². The molecule has 13 heteroatoms. The zero-order chi connectivity index (χ0) is 39.6. The molecule has 6 fully saturated rings. The van der Waals surface area contributed by atoms with E-state index in [0.717, 1.165) is 44.9 Å². The summed E-state index contributed by atoms with van der Waals surface area (Å²) >= 11 is 0. The van der Waals surface area contributed by atoms with Gasteiger partial charge in [-0.25, -0.2) is 0 Å². The van der Waals surface area contributed by atoms with Gasteiger partial charge in [0.1, 0.15) is 42.7 Å². The predicted octanol–water partition coefficient (Wildman–Crippen LogP) is 1.37. The van der Waals surface area contributed by atoms with Gasteiger partial charge in [-0.1, -0.05) is 60.1 Å². The Labute approximate surface area is 319 Å². The highest BCUT2D eigenvalue weighted by Crippen LogP contribution is 2.76. The van der Waals surface area contributed by atoms with Gasteiger partial charge < -0.3 is 64.9 Å². The fourth-order valence-electron chi connectivity index (χ4n) is 13.4. The maximum atomic E-state index is 12.1. The summed E-state index contributed by atoms with van der Waals surface area (Å²) in [6, 6.07) is 0. The topological polar surface area (TPSA) is 219 Å². The first-order valence-electron chi connectivity index (χ1n) is 20.4. The van der Waals surface area contributed by atoms with Crippen molar-refractivity contribution in [2.75, 3.05) is 19.8 Å². The average molecular weight is 769 g/mol. The largest absolute Gasteiger partial charge is 0.396 e. The molecule has 4 saturated carbocycles. The van der Waals surface area contributed by atoms with Gasteiger partial charge in [0, 0.05) is 10.8 Å². The Morgan fingerprint density at radius 1 is 0.741 bits per heavy atom. The first-order valence-corrected chi connectivity index (χ1v) is 20.4. The van der Waals surface area contributed by atoms with Crippen molar-refractivity contribution in [2.45, 2.75) is 173 Å². The predicted molar refractivity (Wildman–Crippen MR) is 194 cm³/mol. The highest BCUT2D eigenvalue weighted by molar-refractivity contribution is 5.34. The summed E-state index contributed by atoms with van der Waals surface area (Å²) in [4.78, 5) is 0. The van der Waals surface area contributed by atoms with E-state index in [4.69, 9.17) is 18.9 Å². The van der Waals surface area contributed by atoms with Crippen LogP contribution in [-0.4, -0.2) is 139 Å². The van der Waals surface area contributed by atoms with Gasteiger partial charge in [0.25, 0.3) is 0 Å². The van der Waals surface area contributed by atoms with E-state index in [2.05, 4.69) is 54.5 Å². The SMILES string of the molecule is CC1(C)CC2C3=CCC4C5(C)CCC(O)C(C)(CO)C5CCC4(C)C3(C)CCC2(C)C(OC2OCC(O)C(OC3OC(CO)C(O)C(O)C3O)C2O)C1O. The molecule has 7 aliphatic rings. The second kappa shape index (κ2) is 13.9. The van der Waals surface area contributed by atoms with Gasteiger partial charge in [-0.05, 0) is 90.8 Å². The number of fused-ring (bicyclic) bond motifs is 7. The fourth-order valence-corrected chi connectivity index (χ4v) is 13.4. The fraction of sp³-hybridized carbons (Fsp3) is 0.951. The Morgan fingerprint density at radius 3 is 2.11 bits per heavy atom. The highest BCUT2D eigenvalue weighted by atomic mass is 16.7. The first-order chi connectivity index (χ1) is 25.1. The minimum absolute atomic E-state index is 0.0194. The van der Waals surface area contributed by atoms with Crippen LogP contribution in [0, 0.1) is 50.2 Å². The van der Waals surface area contributed by atoms with Crippen molar-refractivity contribution in [1.29, 1.82) is 0 Å². The Balaban J connectivity index is 1.16. The molecular formula is C41H68O13. The second-order valence-electron chi connectivity index (χ2n) is 20.3. The van der Waals surface area contributed by atoms with E-state index in [9.17, 15) is 46.0 Å². The van der Waals surface area contributed by atoms with Gasteiger partial charge in [0.05, 0.1) is 38.1 Å². The summed E-state index contributed by atoms with van der Waals surface area (Å²) < 4.78 is 23.9. The lowest BCUT2D eigenvalue weighted by atomic mass is 9.33. The summed E-state index contributed by atoms with van der Waals surface area (Å²) in [5.74, 6) is 0.665. The molecule has 0 spiro atoms. The lowest BCUT2D eigenvalue weighted by Gasteiger charge is -2.72. The van der Waals surface area contributed by atoms with Crippen molar-refractivity contribution in [1.82, 2.24) is 0 Å². The third-order valence-electron chi connectivity index (χ3n) is 17.3. The van der Waals surface area contributed by atoms with Gasteiger partial charge in [-0.2, -0.15) is 0 Å². The van der Waals surface area contributed by atoms with Crippen molar-refractivity contribution >= 4 is 0 Å². The number of allylic oxidation sites excluding steroid dienone is 2. The molecule has 0 radical (unpaired) electrons. The molecule has 0 bridgehead atoms. The minimum atomic E-state index is -1.73. The first kappa shape index (κ1) is 41.4. The molecule has 0 amide bonds. The molecule has 2 aliphatic heterocycles. The second-order valence-corrected chi connectivity index (χ2v) is 20.3. The number of hydrogen-bond acceptors (Lipinski definition) is 13. The van der Waals surface area contributed by atoms with E-state index in [0.29, 0.717) is 12.3 Å². The number of ether oxygens (including phenoxy) is 4. The van der Waals surface area contributed by atoms with Gasteiger partial charge in [-0.3, -0.25) is 0 Å². The number of aliphatic hydroxyl groups is 9. The zero-order valence-corrected chi connectivity index (χ0v) is 33.2. The third kappa shape index (κ3) is 5.80. The van der Waals surface area contributed by atoms with Gasteiger partial charge in [0.2, 0.25) is 0 Å². The lowest BCUT2D eigenvalue weighted by molar-refractivity contribution is -0.361. The van der Waals surface area contributed by atoms with E-state index < -0.39 is 96.5 Å². The molecule has 13 nitrogen and oxygen atoms in total. The van der Waals surface area contributed by atoms with Crippen LogP contribution >= 0.6 is 0 Å². The van der Waals surface area contributed by atoms with Crippen molar-refractivity contribution in [3.05, 3.63) is 11.6 Å². The summed E-state index contributed by atoms with van der Waals surface area (Å²) in [6.07, 6.45) is -6.31. The normalized spacial score (nSPS) is 57.2. The molecule has 20 unspecified atom stereocenters. The van der Waals surface area contributed by atoms with Crippen LogP contribution in [0.15, 0.2) is 11.6 Å². The molecule has 5 aliphatic carbocycles. The average Bonchev–Trinajstić information content (AvgIpc) is 3.12. The highest BCUT2D eigenvalue weighted by Gasteiger charge is 2.70.